The van der Waals surface area contributed by atoms with Crippen molar-refractivity contribution in [1.29, 1.82) is 0 Å². The van der Waals surface area contributed by atoms with E-state index in [-0.39, 0.29) is 24.8 Å². The van der Waals surface area contributed by atoms with Crippen LogP contribution in [0.3, 0.4) is 0 Å². The van der Waals surface area contributed by atoms with Crippen molar-refractivity contribution in [2.45, 2.75) is 19.3 Å². The second-order valence-corrected chi connectivity index (χ2v) is 6.01. The Morgan fingerprint density at radius 2 is 1.92 bits per heavy atom. The molecular formula is C15H19Cl2F2N3OS. The van der Waals surface area contributed by atoms with Crippen LogP contribution in [0.2, 0.25) is 0 Å². The molecule has 9 heteroatoms. The van der Waals surface area contributed by atoms with Crippen LogP contribution < -0.4 is 11.1 Å². The van der Waals surface area contributed by atoms with Crippen molar-refractivity contribution in [2.24, 2.45) is 5.73 Å². The Hall–Kier alpha value is -1.28. The summed E-state index contributed by atoms with van der Waals surface area (Å²) >= 11 is 1.22. The molecule has 1 amide bonds. The number of benzene rings is 1. The van der Waals surface area contributed by atoms with Gasteiger partial charge in [-0.3, -0.25) is 4.79 Å². The predicted octanol–water partition coefficient (Wildman–Crippen LogP) is 3.21. The summed E-state index contributed by atoms with van der Waals surface area (Å²) < 4.78 is 26.1. The molecule has 0 aliphatic heterocycles. The minimum Gasteiger partial charge on any atom is -0.345 e. The maximum Gasteiger partial charge on any atom is 0.277 e. The van der Waals surface area contributed by atoms with Crippen LogP contribution in [0.1, 0.15) is 25.9 Å². The molecule has 4 nitrogen and oxygen atoms in total. The van der Waals surface area contributed by atoms with Crippen LogP contribution in [0, 0.1) is 6.92 Å². The summed E-state index contributed by atoms with van der Waals surface area (Å²) in [6.07, 6.45) is 0.610. The van der Waals surface area contributed by atoms with Gasteiger partial charge in [-0.1, -0.05) is 30.3 Å². The molecule has 1 aromatic heterocycles. The van der Waals surface area contributed by atoms with Gasteiger partial charge in [0.2, 0.25) is 0 Å². The molecule has 2 rings (SSSR count). The number of nitrogens with zero attached hydrogens (tertiary/aromatic N) is 1. The number of carbonyl (C=O) groups is 1. The number of alkyl halides is 2. The zero-order valence-corrected chi connectivity index (χ0v) is 15.4. The molecule has 0 saturated heterocycles. The molecule has 0 fully saturated rings. The van der Waals surface area contributed by atoms with Crippen LogP contribution in [0.5, 0.6) is 0 Å². The van der Waals surface area contributed by atoms with Crippen LogP contribution >= 0.6 is 36.2 Å². The Morgan fingerprint density at radius 3 is 2.50 bits per heavy atom. The summed E-state index contributed by atoms with van der Waals surface area (Å²) in [5.41, 5.74) is 6.57. The fraction of sp³-hybridized carbons (Fsp3) is 0.333. The van der Waals surface area contributed by atoms with Crippen molar-refractivity contribution < 1.29 is 13.6 Å². The summed E-state index contributed by atoms with van der Waals surface area (Å²) in [4.78, 5) is 16.7. The van der Waals surface area contributed by atoms with Crippen molar-refractivity contribution in [2.75, 3.05) is 13.1 Å². The van der Waals surface area contributed by atoms with E-state index in [0.29, 0.717) is 17.0 Å². The first-order valence-corrected chi connectivity index (χ1v) is 7.59. The topological polar surface area (TPSA) is 68.0 Å². The molecule has 1 heterocycles. The Morgan fingerprint density at radius 1 is 1.29 bits per heavy atom. The van der Waals surface area contributed by atoms with Crippen LogP contribution in [-0.2, 0) is 6.42 Å². The quantitative estimate of drug-likeness (QED) is 0.785. The number of nitrogens with one attached hydrogen (secondary N) is 1. The van der Waals surface area contributed by atoms with Crippen molar-refractivity contribution in [3.8, 4) is 0 Å². The van der Waals surface area contributed by atoms with E-state index in [1.807, 2.05) is 30.3 Å². The number of nitrogens with two attached hydrogens (primary N) is 1. The van der Waals surface area contributed by atoms with Gasteiger partial charge in [0.25, 0.3) is 11.8 Å². The number of thiazole rings is 1. The van der Waals surface area contributed by atoms with E-state index in [1.54, 1.807) is 6.92 Å². The van der Waals surface area contributed by atoms with Crippen LogP contribution in [-0.4, -0.2) is 29.9 Å². The number of aromatic nitrogens is 1. The Balaban J connectivity index is 0.00000264. The second-order valence-electron chi connectivity index (χ2n) is 4.93. The fourth-order valence-corrected chi connectivity index (χ4v) is 2.89. The first kappa shape index (κ1) is 22.7. The summed E-state index contributed by atoms with van der Waals surface area (Å²) in [5, 5.41) is 2.99. The highest BCUT2D eigenvalue weighted by atomic mass is 35.5. The maximum atomic E-state index is 13.1. The van der Waals surface area contributed by atoms with Gasteiger partial charge in [-0.15, -0.1) is 36.2 Å². The minimum atomic E-state index is -3.10. The largest absolute Gasteiger partial charge is 0.345 e. The molecule has 3 N–H and O–H groups in total. The summed E-state index contributed by atoms with van der Waals surface area (Å²) in [5.74, 6) is -3.64. The molecule has 0 bridgehead atoms. The molecule has 0 aliphatic rings. The molecule has 0 atom stereocenters. The number of carbonyl (C=O) groups excluding carboxylic acids is 1. The minimum absolute atomic E-state index is 0. The average molecular weight is 398 g/mol. The first-order chi connectivity index (χ1) is 10.4. The van der Waals surface area contributed by atoms with Gasteiger partial charge < -0.3 is 11.1 Å². The van der Waals surface area contributed by atoms with E-state index in [0.717, 1.165) is 10.6 Å². The van der Waals surface area contributed by atoms with Crippen LogP contribution in [0.25, 0.3) is 0 Å². The van der Waals surface area contributed by atoms with Gasteiger partial charge in [0.05, 0.1) is 23.8 Å². The summed E-state index contributed by atoms with van der Waals surface area (Å²) in [6.45, 7) is 0.128. The molecular weight excluding hydrogens is 379 g/mol. The number of aryl methyl sites for hydroxylation is 1. The third-order valence-electron chi connectivity index (χ3n) is 3.05. The van der Waals surface area contributed by atoms with Gasteiger partial charge >= 0.3 is 0 Å². The highest BCUT2D eigenvalue weighted by molar-refractivity contribution is 7.13. The molecule has 0 saturated carbocycles. The molecule has 24 heavy (non-hydrogen) atoms. The molecule has 0 unspecified atom stereocenters. The molecule has 0 spiro atoms. The van der Waals surface area contributed by atoms with Crippen molar-refractivity contribution >= 4 is 42.1 Å². The van der Waals surface area contributed by atoms with Crippen LogP contribution in [0.4, 0.5) is 8.78 Å². The van der Waals surface area contributed by atoms with E-state index in [2.05, 4.69) is 10.3 Å². The van der Waals surface area contributed by atoms with Crippen molar-refractivity contribution in [3.63, 3.8) is 0 Å². The zero-order chi connectivity index (χ0) is 16.2. The van der Waals surface area contributed by atoms with E-state index in [9.17, 15) is 13.6 Å². The van der Waals surface area contributed by atoms with Gasteiger partial charge in [-0.05, 0) is 12.5 Å². The monoisotopic (exact) mass is 397 g/mol. The normalized spacial score (nSPS) is 10.5. The lowest BCUT2D eigenvalue weighted by Gasteiger charge is -2.13. The lowest BCUT2D eigenvalue weighted by atomic mass is 10.2. The molecule has 134 valence electrons. The van der Waals surface area contributed by atoms with Gasteiger partial charge in [0.1, 0.15) is 4.88 Å². The standard InChI is InChI=1S/C15H17F2N3OS.2ClH/c1-10-13(14(21)19-9-15(16,17)8-18)22-12(20-10)7-11-5-3-2-4-6-11;;/h2-6H,7-9,18H2,1H3,(H,19,21);2*1H. The zero-order valence-electron chi connectivity index (χ0n) is 12.9. The Bertz CT molecular complexity index is 653. The van der Waals surface area contributed by atoms with E-state index >= 15 is 0 Å². The van der Waals surface area contributed by atoms with E-state index in [1.165, 1.54) is 11.3 Å². The SMILES string of the molecule is Cc1nc(Cc2ccccc2)sc1C(=O)NCC(F)(F)CN.Cl.Cl. The highest BCUT2D eigenvalue weighted by Gasteiger charge is 2.28. The average Bonchev–Trinajstić information content (AvgIpc) is 2.86. The molecule has 2 aromatic rings. The number of hydrogen-bond acceptors (Lipinski definition) is 4. The Kier molecular flexibility index (Phi) is 9.35. The number of amides is 1. The lowest BCUT2D eigenvalue weighted by Crippen LogP contribution is -2.41. The van der Waals surface area contributed by atoms with E-state index < -0.39 is 24.9 Å². The van der Waals surface area contributed by atoms with Gasteiger partial charge in [0.15, 0.2) is 0 Å². The Labute approximate surface area is 155 Å². The van der Waals surface area contributed by atoms with E-state index in [4.69, 9.17) is 5.73 Å². The maximum absolute atomic E-state index is 13.1. The lowest BCUT2D eigenvalue weighted by molar-refractivity contribution is 0.0119. The highest BCUT2D eigenvalue weighted by Crippen LogP contribution is 2.21. The number of rotatable bonds is 6. The summed E-state index contributed by atoms with van der Waals surface area (Å²) in [7, 11) is 0. The fourth-order valence-electron chi connectivity index (χ4n) is 1.87. The van der Waals surface area contributed by atoms with Gasteiger partial charge in [-0.25, -0.2) is 13.8 Å². The van der Waals surface area contributed by atoms with Crippen molar-refractivity contribution in [1.82, 2.24) is 10.3 Å². The predicted molar refractivity (Wildman–Crippen MR) is 96.9 cm³/mol. The smallest absolute Gasteiger partial charge is 0.277 e. The summed E-state index contributed by atoms with van der Waals surface area (Å²) in [6, 6.07) is 9.72. The second kappa shape index (κ2) is 9.88. The molecule has 0 radical (unpaired) electrons. The third kappa shape index (κ3) is 6.32. The molecule has 0 aliphatic carbocycles. The number of halogens is 4. The van der Waals surface area contributed by atoms with Gasteiger partial charge in [0, 0.05) is 6.42 Å². The van der Waals surface area contributed by atoms with Gasteiger partial charge in [-0.2, -0.15) is 0 Å². The first-order valence-electron chi connectivity index (χ1n) is 6.77. The van der Waals surface area contributed by atoms with Crippen LogP contribution in [0.15, 0.2) is 30.3 Å². The molecule has 1 aromatic carbocycles. The third-order valence-corrected chi connectivity index (χ3v) is 4.21. The van der Waals surface area contributed by atoms with Crippen molar-refractivity contribution in [3.05, 3.63) is 51.5 Å². The number of hydrogen-bond donors (Lipinski definition) is 2.